The number of carbonyl (C=O) groups excluding carboxylic acids is 1. The van der Waals surface area contributed by atoms with Gasteiger partial charge in [-0.3, -0.25) is 4.98 Å². The maximum absolute atomic E-state index is 11.7. The van der Waals surface area contributed by atoms with Gasteiger partial charge in [0.05, 0.1) is 11.9 Å². The van der Waals surface area contributed by atoms with Crippen molar-refractivity contribution in [3.05, 3.63) is 24.5 Å². The van der Waals surface area contributed by atoms with Gasteiger partial charge in [0.2, 0.25) is 0 Å². The van der Waals surface area contributed by atoms with Crippen molar-refractivity contribution in [1.82, 2.24) is 15.2 Å². The number of nitrogens with zero attached hydrogens (tertiary/aromatic N) is 2. The average Bonchev–Trinajstić information content (AvgIpc) is 3.17. The number of aromatic nitrogens is 1. The third-order valence-electron chi connectivity index (χ3n) is 3.85. The number of urea groups is 1. The minimum absolute atomic E-state index is 0.141. The van der Waals surface area contributed by atoms with Crippen molar-refractivity contribution in [2.75, 3.05) is 25.0 Å². The monoisotopic (exact) mass is 260 g/mol. The SMILES string of the molecule is O=C(NCC1CCN(C2CC2)C1)Nc1cccnc1. The first-order valence-corrected chi connectivity index (χ1v) is 7.00. The van der Waals surface area contributed by atoms with Crippen molar-refractivity contribution in [3.8, 4) is 0 Å². The number of hydrogen-bond donors (Lipinski definition) is 2. The summed E-state index contributed by atoms with van der Waals surface area (Å²) in [4.78, 5) is 18.3. The molecule has 1 saturated carbocycles. The normalized spacial score (nSPS) is 23.3. The van der Waals surface area contributed by atoms with Crippen LogP contribution in [-0.4, -0.2) is 41.6 Å². The van der Waals surface area contributed by atoms with Crippen LogP contribution in [0.2, 0.25) is 0 Å². The van der Waals surface area contributed by atoms with Gasteiger partial charge in [0.15, 0.2) is 0 Å². The molecule has 0 bridgehead atoms. The van der Waals surface area contributed by atoms with E-state index in [1.54, 1.807) is 18.5 Å². The minimum atomic E-state index is -0.141. The summed E-state index contributed by atoms with van der Waals surface area (Å²) in [5, 5.41) is 5.73. The van der Waals surface area contributed by atoms with Gasteiger partial charge in [-0.2, -0.15) is 0 Å². The maximum atomic E-state index is 11.7. The Morgan fingerprint density at radius 3 is 3.05 bits per heavy atom. The smallest absolute Gasteiger partial charge is 0.319 e. The quantitative estimate of drug-likeness (QED) is 0.866. The molecule has 5 heteroatoms. The molecule has 1 aliphatic carbocycles. The van der Waals surface area contributed by atoms with E-state index in [9.17, 15) is 4.79 Å². The molecule has 1 unspecified atom stereocenters. The van der Waals surface area contributed by atoms with Crippen molar-refractivity contribution in [2.24, 2.45) is 5.92 Å². The van der Waals surface area contributed by atoms with Crippen LogP contribution in [0.4, 0.5) is 10.5 Å². The second-order valence-corrected chi connectivity index (χ2v) is 5.46. The summed E-state index contributed by atoms with van der Waals surface area (Å²) in [6, 6.07) is 4.34. The minimum Gasteiger partial charge on any atom is -0.338 e. The van der Waals surface area contributed by atoms with E-state index in [1.807, 2.05) is 6.07 Å². The Hall–Kier alpha value is -1.62. The van der Waals surface area contributed by atoms with Crippen LogP contribution in [0.25, 0.3) is 0 Å². The average molecular weight is 260 g/mol. The standard InChI is InChI=1S/C14H20N4O/c19-14(17-12-2-1-6-15-9-12)16-8-11-5-7-18(10-11)13-3-4-13/h1-2,6,9,11,13H,3-5,7-8,10H2,(H2,16,17,19). The first-order chi connectivity index (χ1) is 9.31. The predicted octanol–water partition coefficient (Wildman–Crippen LogP) is 1.69. The lowest BCUT2D eigenvalue weighted by Crippen LogP contribution is -2.34. The van der Waals surface area contributed by atoms with Gasteiger partial charge < -0.3 is 15.5 Å². The van der Waals surface area contributed by atoms with Crippen LogP contribution in [0, 0.1) is 5.92 Å². The molecular formula is C14H20N4O. The van der Waals surface area contributed by atoms with E-state index in [0.717, 1.165) is 24.8 Å². The summed E-state index contributed by atoms with van der Waals surface area (Å²) in [7, 11) is 0. The van der Waals surface area contributed by atoms with Crippen LogP contribution in [0.5, 0.6) is 0 Å². The molecule has 2 fully saturated rings. The Balaban J connectivity index is 1.39. The van der Waals surface area contributed by atoms with Crippen LogP contribution < -0.4 is 10.6 Å². The molecule has 0 spiro atoms. The summed E-state index contributed by atoms with van der Waals surface area (Å²) in [6.07, 6.45) is 7.25. The molecule has 3 rings (SSSR count). The molecular weight excluding hydrogens is 240 g/mol. The highest BCUT2D eigenvalue weighted by Crippen LogP contribution is 2.31. The molecule has 0 radical (unpaired) electrons. The largest absolute Gasteiger partial charge is 0.338 e. The summed E-state index contributed by atoms with van der Waals surface area (Å²) in [5.74, 6) is 0.597. The van der Waals surface area contributed by atoms with Gasteiger partial charge in [-0.25, -0.2) is 4.79 Å². The molecule has 19 heavy (non-hydrogen) atoms. The second-order valence-electron chi connectivity index (χ2n) is 5.46. The van der Waals surface area contributed by atoms with Crippen LogP contribution in [-0.2, 0) is 0 Å². The number of pyridine rings is 1. The second kappa shape index (κ2) is 5.57. The summed E-state index contributed by atoms with van der Waals surface area (Å²) in [5.41, 5.74) is 0.728. The predicted molar refractivity (Wildman–Crippen MR) is 74.0 cm³/mol. The van der Waals surface area contributed by atoms with Crippen LogP contribution in [0.3, 0.4) is 0 Å². The van der Waals surface area contributed by atoms with Crippen molar-refractivity contribution in [1.29, 1.82) is 0 Å². The maximum Gasteiger partial charge on any atom is 0.319 e. The summed E-state index contributed by atoms with van der Waals surface area (Å²) < 4.78 is 0. The fourth-order valence-corrected chi connectivity index (χ4v) is 2.65. The van der Waals surface area contributed by atoms with Gasteiger partial charge in [0.25, 0.3) is 0 Å². The van der Waals surface area contributed by atoms with Gasteiger partial charge in [-0.1, -0.05) is 0 Å². The molecule has 2 N–H and O–H groups in total. The van der Waals surface area contributed by atoms with Crippen molar-refractivity contribution >= 4 is 11.7 Å². The topological polar surface area (TPSA) is 57.3 Å². The number of nitrogens with one attached hydrogen (secondary N) is 2. The van der Waals surface area contributed by atoms with E-state index in [4.69, 9.17) is 0 Å². The Labute approximate surface area is 113 Å². The Morgan fingerprint density at radius 2 is 2.32 bits per heavy atom. The Morgan fingerprint density at radius 1 is 1.42 bits per heavy atom. The van der Waals surface area contributed by atoms with Crippen LogP contribution in [0.1, 0.15) is 19.3 Å². The first-order valence-electron chi connectivity index (χ1n) is 7.00. The molecule has 102 valence electrons. The molecule has 2 amide bonds. The third kappa shape index (κ3) is 3.44. The fraction of sp³-hybridized carbons (Fsp3) is 0.571. The summed E-state index contributed by atoms with van der Waals surface area (Å²) in [6.45, 7) is 3.09. The zero-order valence-electron chi connectivity index (χ0n) is 11.0. The van der Waals surface area contributed by atoms with Crippen LogP contribution in [0.15, 0.2) is 24.5 Å². The van der Waals surface area contributed by atoms with Gasteiger partial charge in [0.1, 0.15) is 0 Å². The first kappa shape index (κ1) is 12.4. The van der Waals surface area contributed by atoms with Crippen LogP contribution >= 0.6 is 0 Å². The van der Waals surface area contributed by atoms with E-state index in [0.29, 0.717) is 5.92 Å². The van der Waals surface area contributed by atoms with E-state index in [1.165, 1.54) is 25.8 Å². The Kier molecular flexibility index (Phi) is 3.64. The number of hydrogen-bond acceptors (Lipinski definition) is 3. The number of rotatable bonds is 4. The zero-order valence-corrected chi connectivity index (χ0v) is 11.0. The van der Waals surface area contributed by atoms with E-state index in [2.05, 4.69) is 20.5 Å². The molecule has 1 aliphatic heterocycles. The van der Waals surface area contributed by atoms with E-state index >= 15 is 0 Å². The molecule has 1 atom stereocenters. The van der Waals surface area contributed by atoms with E-state index in [-0.39, 0.29) is 6.03 Å². The zero-order chi connectivity index (χ0) is 13.1. The number of anilines is 1. The van der Waals surface area contributed by atoms with Gasteiger partial charge in [-0.15, -0.1) is 0 Å². The molecule has 1 aromatic rings. The number of carbonyl (C=O) groups is 1. The highest BCUT2D eigenvalue weighted by molar-refractivity contribution is 5.88. The Bertz CT molecular complexity index is 432. The highest BCUT2D eigenvalue weighted by atomic mass is 16.2. The lowest BCUT2D eigenvalue weighted by Gasteiger charge is -2.15. The number of likely N-dealkylation sites (tertiary alicyclic amines) is 1. The molecule has 0 aromatic carbocycles. The molecule has 1 saturated heterocycles. The summed E-state index contributed by atoms with van der Waals surface area (Å²) >= 11 is 0. The van der Waals surface area contributed by atoms with Gasteiger partial charge in [-0.05, 0) is 43.9 Å². The van der Waals surface area contributed by atoms with Crippen molar-refractivity contribution in [3.63, 3.8) is 0 Å². The van der Waals surface area contributed by atoms with Gasteiger partial charge in [0, 0.05) is 25.3 Å². The lowest BCUT2D eigenvalue weighted by molar-refractivity contribution is 0.249. The molecule has 5 nitrogen and oxygen atoms in total. The molecule has 2 aliphatic rings. The molecule has 1 aromatic heterocycles. The third-order valence-corrected chi connectivity index (χ3v) is 3.85. The van der Waals surface area contributed by atoms with Crippen molar-refractivity contribution < 1.29 is 4.79 Å². The molecule has 2 heterocycles. The van der Waals surface area contributed by atoms with Crippen molar-refractivity contribution in [2.45, 2.75) is 25.3 Å². The lowest BCUT2D eigenvalue weighted by atomic mass is 10.1. The van der Waals surface area contributed by atoms with E-state index < -0.39 is 0 Å². The number of amides is 2. The fourth-order valence-electron chi connectivity index (χ4n) is 2.65. The van der Waals surface area contributed by atoms with Gasteiger partial charge >= 0.3 is 6.03 Å². The highest BCUT2D eigenvalue weighted by Gasteiger charge is 2.34.